The molecule has 0 aliphatic heterocycles. The molecule has 0 fully saturated rings. The van der Waals surface area contributed by atoms with Gasteiger partial charge in [-0.3, -0.25) is 0 Å². The maximum absolute atomic E-state index is 0. The van der Waals surface area contributed by atoms with Crippen LogP contribution in [0.5, 0.6) is 0 Å². The summed E-state index contributed by atoms with van der Waals surface area (Å²) in [4.78, 5) is 0. The largest absolute Gasteiger partial charge is 0.457 e. The van der Waals surface area contributed by atoms with Gasteiger partial charge in [-0.15, -0.1) is 0 Å². The Hall–Kier alpha value is 0.279. The van der Waals surface area contributed by atoms with Gasteiger partial charge in [0.25, 0.3) is 0 Å². The molecule has 0 aliphatic rings. The van der Waals surface area contributed by atoms with E-state index in [9.17, 15) is 0 Å². The van der Waals surface area contributed by atoms with Crippen LogP contribution in [0.15, 0.2) is 0 Å². The first-order valence-corrected chi connectivity index (χ1v) is 0. The molecule has 7 heavy (non-hydrogen) atoms. The number of hydrogen-bond donors (Lipinski definition) is 0. The van der Waals surface area contributed by atoms with Gasteiger partial charge >= 0.3 is 0 Å². The van der Waals surface area contributed by atoms with Crippen LogP contribution in [0, 0.1) is 0 Å². The van der Waals surface area contributed by atoms with Crippen molar-refractivity contribution >= 4 is 0 Å². The van der Waals surface area contributed by atoms with E-state index in [2.05, 4.69) is 0 Å². The van der Waals surface area contributed by atoms with E-state index < -0.39 is 0 Å². The van der Waals surface area contributed by atoms with Gasteiger partial charge in [-0.1, -0.05) is 0 Å². The first-order chi connectivity index (χ1) is 0. The molecule has 0 aromatic rings. The maximum Gasteiger partial charge on any atom is 0 e. The van der Waals surface area contributed by atoms with Crippen molar-refractivity contribution in [1.82, 2.24) is 0 Å². The van der Waals surface area contributed by atoms with Gasteiger partial charge in [0.05, 0.1) is 0 Å². The van der Waals surface area contributed by atoms with Crippen molar-refractivity contribution in [1.29, 1.82) is 0 Å². The van der Waals surface area contributed by atoms with E-state index in [-0.39, 0.29) is 49.9 Å². The molecule has 0 atom stereocenters. The molecule has 7 heteroatoms. The zero-order chi connectivity index (χ0) is 0. The van der Waals surface area contributed by atoms with Crippen molar-refractivity contribution in [2.45, 2.75) is 0 Å². The van der Waals surface area contributed by atoms with Gasteiger partial charge in [-0.2, -0.15) is 0 Å². The van der Waals surface area contributed by atoms with E-state index in [0.717, 1.165) is 0 Å². The molecule has 0 aromatic carbocycles. The van der Waals surface area contributed by atoms with E-state index in [4.69, 9.17) is 0 Å². The molecule has 0 aromatic heterocycles. The minimum absolute atomic E-state index is 0. The quantitative estimate of drug-likeness (QED) is 0.246. The van der Waals surface area contributed by atoms with Crippen LogP contribution in [-0.2, 0) is 49.9 Å². The first-order valence-electron chi connectivity index (χ1n) is 0. The predicted molar refractivity (Wildman–Crippen MR) is 29.2 cm³/mol. The average molecular weight is 169 g/mol. The summed E-state index contributed by atoms with van der Waals surface area (Å²) < 4.78 is 0. The van der Waals surface area contributed by atoms with Crippen LogP contribution in [0.2, 0.25) is 0 Å². The van der Waals surface area contributed by atoms with Crippen LogP contribution in [0.25, 0.3) is 0 Å². The topological polar surface area (TPSA) is 198 Å². The minimum Gasteiger partial charge on any atom is -0.457 e. The molecule has 0 saturated carbocycles. The molecule has 6 nitrogen and oxygen atoms in total. The normalized spacial score (nSPS) is 0. The van der Waals surface area contributed by atoms with Crippen LogP contribution >= 0.6 is 0 Å². The molecule has 0 amide bonds. The van der Waals surface area contributed by atoms with E-state index in [1.807, 2.05) is 0 Å². The summed E-state index contributed by atoms with van der Waals surface area (Å²) in [5.74, 6) is 0. The van der Waals surface area contributed by atoms with Gasteiger partial charge in [-0.25, -0.2) is 0 Å². The molecule has 18 N–H and O–H groups in total. The van der Waals surface area contributed by atoms with Crippen LogP contribution < -0.4 is 0 Å². The molecular weight excluding hydrogens is 151 g/mol. The van der Waals surface area contributed by atoms with Crippen LogP contribution in [0.1, 0.15) is 0 Å². The van der Waals surface area contributed by atoms with E-state index >= 15 is 0 Å². The molecule has 0 aliphatic carbocycles. The second-order valence-corrected chi connectivity index (χ2v) is 0. The molecule has 0 bridgehead atoms. The van der Waals surface area contributed by atoms with E-state index in [1.54, 1.807) is 0 Å². The first kappa shape index (κ1) is 3670. The summed E-state index contributed by atoms with van der Waals surface area (Å²) in [6.07, 6.45) is 0. The van der Waals surface area contributed by atoms with Gasteiger partial charge in [0.15, 0.2) is 0 Å². The second kappa shape index (κ2) is 2240. The molecule has 0 rings (SSSR count). The zero-order valence-corrected chi connectivity index (χ0v) is 5.02. The fraction of sp³-hybridized carbons (Fsp3) is 0. The van der Waals surface area contributed by atoms with Gasteiger partial charge in [-0.05, 0) is 0 Å². The Kier molecular flexibility index (Phi) is 1180000. The summed E-state index contributed by atoms with van der Waals surface area (Å²) in [7, 11) is 0. The van der Waals surface area contributed by atoms with Crippen molar-refractivity contribution in [3.8, 4) is 0 Å². The molecule has 0 unspecified atom stereocenters. The Morgan fingerprint density at radius 1 is 0.286 bits per heavy atom. The van der Waals surface area contributed by atoms with Gasteiger partial charge in [0, 0.05) is 17.1 Å². The molecule has 0 heterocycles. The Morgan fingerprint density at radius 3 is 0.286 bits per heavy atom. The van der Waals surface area contributed by atoms with Gasteiger partial charge in [0.2, 0.25) is 0 Å². The maximum atomic E-state index is 0. The van der Waals surface area contributed by atoms with Crippen molar-refractivity contribution in [3.05, 3.63) is 0 Å². The Labute approximate surface area is 50.8 Å². The van der Waals surface area contributed by atoms with Gasteiger partial charge in [0.1, 0.15) is 0 Å². The SMILES string of the molecule is [Mn].[OH3+].[OH3+].[OH3+].[OH3+].[OH3+].[OH3+]. The molecule has 0 spiro atoms. The summed E-state index contributed by atoms with van der Waals surface area (Å²) in [6.45, 7) is 0. The smallest absolute Gasteiger partial charge is 0 e. The Bertz CT molecular complexity index is 4.14. The van der Waals surface area contributed by atoms with Crippen LogP contribution in [-0.4, -0.2) is 0 Å². The van der Waals surface area contributed by atoms with Crippen molar-refractivity contribution in [3.63, 3.8) is 0 Å². The number of hydrogen-bond acceptors (Lipinski definition) is 0. The van der Waals surface area contributed by atoms with Gasteiger partial charge < -0.3 is 32.9 Å². The fourth-order valence-corrected chi connectivity index (χ4v) is 0. The third kappa shape index (κ3) is 1470. The molecule has 55 valence electrons. The van der Waals surface area contributed by atoms with Crippen molar-refractivity contribution in [2.75, 3.05) is 0 Å². The minimum atomic E-state index is 0. The standard InChI is InChI=1S/Mn.6H2O/h;6*1H2/p+6. The monoisotopic (exact) mass is 169 g/mol. The second-order valence-electron chi connectivity index (χ2n) is 0. The third-order valence-electron chi connectivity index (χ3n) is 0. The number of rotatable bonds is 0. The summed E-state index contributed by atoms with van der Waals surface area (Å²) in [5, 5.41) is 0. The Morgan fingerprint density at radius 2 is 0.286 bits per heavy atom. The van der Waals surface area contributed by atoms with E-state index in [1.165, 1.54) is 0 Å². The summed E-state index contributed by atoms with van der Waals surface area (Å²) in [5.41, 5.74) is 0. The molecule has 1 radical (unpaired) electrons. The fourth-order valence-electron chi connectivity index (χ4n) is 0. The summed E-state index contributed by atoms with van der Waals surface area (Å²) >= 11 is 0. The summed E-state index contributed by atoms with van der Waals surface area (Å²) in [6, 6.07) is 0. The van der Waals surface area contributed by atoms with Crippen molar-refractivity contribution in [2.24, 2.45) is 0 Å². The van der Waals surface area contributed by atoms with Crippen molar-refractivity contribution < 1.29 is 49.9 Å². The average Bonchev–Trinajstić information content (AvgIpc) is 0. The molecular formula is H18MnO6+6. The predicted octanol–water partition coefficient (Wildman–Crippen LogP) is -5.53. The van der Waals surface area contributed by atoms with Crippen LogP contribution in [0.4, 0.5) is 0 Å². The van der Waals surface area contributed by atoms with E-state index in [0.29, 0.717) is 0 Å². The molecule has 0 saturated heterocycles. The zero-order valence-electron chi connectivity index (χ0n) is 3.84. The Balaban J connectivity index is 0. The van der Waals surface area contributed by atoms with Crippen LogP contribution in [0.3, 0.4) is 0 Å². The third-order valence-corrected chi connectivity index (χ3v) is 0.